The Morgan fingerprint density at radius 2 is 1.03 bits per heavy atom. The summed E-state index contributed by atoms with van der Waals surface area (Å²) >= 11 is 3.78. The summed E-state index contributed by atoms with van der Waals surface area (Å²) in [6, 6.07) is 24.9. The van der Waals surface area contributed by atoms with Gasteiger partial charge in [-0.05, 0) is 65.1 Å². The maximum absolute atomic E-state index is 3.78. The van der Waals surface area contributed by atoms with Crippen LogP contribution >= 0.6 is 15.9 Å². The highest BCUT2D eigenvalue weighted by Gasteiger charge is 2.05. The number of halogens is 1. The molecule has 0 saturated carbocycles. The van der Waals surface area contributed by atoms with Crippen LogP contribution in [0.3, 0.4) is 0 Å². The van der Waals surface area contributed by atoms with Crippen molar-refractivity contribution in [1.82, 2.24) is 0 Å². The highest BCUT2D eigenvalue weighted by molar-refractivity contribution is 9.10. The predicted molar refractivity (Wildman–Crippen MR) is 131 cm³/mol. The molecule has 0 saturated heterocycles. The van der Waals surface area contributed by atoms with E-state index in [1.54, 1.807) is 0 Å². The molecule has 3 rings (SSSR count). The van der Waals surface area contributed by atoms with Gasteiger partial charge in [0.05, 0.1) is 0 Å². The van der Waals surface area contributed by atoms with Crippen LogP contribution in [0.25, 0.3) is 22.3 Å². The van der Waals surface area contributed by atoms with Gasteiger partial charge in [-0.15, -0.1) is 0 Å². The van der Waals surface area contributed by atoms with Gasteiger partial charge in [-0.2, -0.15) is 0 Å². The summed E-state index contributed by atoms with van der Waals surface area (Å²) in [4.78, 5) is 0. The normalized spacial score (nSPS) is 11.0. The third-order valence-electron chi connectivity index (χ3n) is 5.68. The lowest BCUT2D eigenvalue weighted by Gasteiger charge is -2.09. The molecule has 0 N–H and O–H groups in total. The Labute approximate surface area is 185 Å². The molecule has 3 aromatic carbocycles. The maximum atomic E-state index is 3.78. The first-order valence-electron chi connectivity index (χ1n) is 11.2. The average Bonchev–Trinajstić information content (AvgIpc) is 2.76. The highest BCUT2D eigenvalue weighted by Crippen LogP contribution is 2.29. The first-order chi connectivity index (χ1) is 14.2. The van der Waals surface area contributed by atoms with Gasteiger partial charge in [-0.25, -0.2) is 0 Å². The summed E-state index contributed by atoms with van der Waals surface area (Å²) in [5.74, 6) is 0. The second-order valence-electron chi connectivity index (χ2n) is 7.99. The molecule has 0 heterocycles. The number of aryl methyl sites for hydroxylation is 2. The molecule has 0 amide bonds. The molecule has 0 bridgehead atoms. The number of hydrogen-bond acceptors (Lipinski definition) is 0. The van der Waals surface area contributed by atoms with E-state index in [4.69, 9.17) is 0 Å². The van der Waals surface area contributed by atoms with E-state index >= 15 is 0 Å². The van der Waals surface area contributed by atoms with Gasteiger partial charge in [-0.3, -0.25) is 0 Å². The van der Waals surface area contributed by atoms with E-state index in [2.05, 4.69) is 96.5 Å². The van der Waals surface area contributed by atoms with Gasteiger partial charge in [0.1, 0.15) is 0 Å². The Morgan fingerprint density at radius 3 is 1.59 bits per heavy atom. The van der Waals surface area contributed by atoms with Crippen molar-refractivity contribution in [2.24, 2.45) is 0 Å². The monoisotopic (exact) mass is 448 g/mol. The molecule has 152 valence electrons. The molecule has 0 atom stereocenters. The molecular formula is C28H33Br. The summed E-state index contributed by atoms with van der Waals surface area (Å²) in [5, 5.41) is 0. The van der Waals surface area contributed by atoms with E-state index in [9.17, 15) is 0 Å². The summed E-state index contributed by atoms with van der Waals surface area (Å²) in [6.07, 6.45) is 10.1. The molecule has 0 aromatic heterocycles. The van der Waals surface area contributed by atoms with Crippen molar-refractivity contribution in [3.63, 3.8) is 0 Å². The van der Waals surface area contributed by atoms with Crippen LogP contribution in [0.5, 0.6) is 0 Å². The van der Waals surface area contributed by atoms with Crippen molar-refractivity contribution in [2.75, 3.05) is 0 Å². The van der Waals surface area contributed by atoms with E-state index in [1.807, 2.05) is 0 Å². The number of rotatable bonds is 10. The van der Waals surface area contributed by atoms with E-state index in [-0.39, 0.29) is 0 Å². The largest absolute Gasteiger partial charge is 0.0654 e. The minimum absolute atomic E-state index is 1.15. The van der Waals surface area contributed by atoms with E-state index in [0.29, 0.717) is 0 Å². The van der Waals surface area contributed by atoms with Crippen molar-refractivity contribution < 1.29 is 0 Å². The fourth-order valence-corrected chi connectivity index (χ4v) is 4.37. The fourth-order valence-electron chi connectivity index (χ4n) is 3.79. The van der Waals surface area contributed by atoms with Crippen molar-refractivity contribution in [3.05, 3.63) is 82.3 Å². The Kier molecular flexibility index (Phi) is 8.55. The first-order valence-corrected chi connectivity index (χ1v) is 12.0. The molecule has 1 heteroatoms. The minimum Gasteiger partial charge on any atom is -0.0654 e. The van der Waals surface area contributed by atoms with E-state index in [0.717, 1.165) is 6.42 Å². The molecule has 0 radical (unpaired) electrons. The van der Waals surface area contributed by atoms with Gasteiger partial charge in [0, 0.05) is 4.47 Å². The molecule has 0 aliphatic rings. The Balaban J connectivity index is 1.67. The number of benzene rings is 3. The zero-order valence-electron chi connectivity index (χ0n) is 17.9. The SMILES string of the molecule is CCCCCc1ccc(-c2ccc(-c3ccc(CCCCC)c(Br)c3)cc2)cc1. The van der Waals surface area contributed by atoms with Crippen LogP contribution < -0.4 is 0 Å². The van der Waals surface area contributed by atoms with Crippen LogP contribution in [0.1, 0.15) is 63.5 Å². The molecule has 0 spiro atoms. The van der Waals surface area contributed by atoms with Crippen molar-refractivity contribution in [3.8, 4) is 22.3 Å². The third kappa shape index (κ3) is 6.31. The second kappa shape index (κ2) is 11.4. The summed E-state index contributed by atoms with van der Waals surface area (Å²) in [7, 11) is 0. The smallest absolute Gasteiger partial charge is 0.0213 e. The molecule has 0 nitrogen and oxygen atoms in total. The van der Waals surface area contributed by atoms with Crippen LogP contribution in [-0.2, 0) is 12.8 Å². The molecular weight excluding hydrogens is 416 g/mol. The summed E-state index contributed by atoms with van der Waals surface area (Å²) < 4.78 is 1.23. The van der Waals surface area contributed by atoms with Crippen LogP contribution in [0, 0.1) is 0 Å². The summed E-state index contributed by atoms with van der Waals surface area (Å²) in [6.45, 7) is 4.51. The van der Waals surface area contributed by atoms with Gasteiger partial charge in [0.25, 0.3) is 0 Å². The predicted octanol–water partition coefficient (Wildman–Crippen LogP) is 9.25. The van der Waals surface area contributed by atoms with Gasteiger partial charge in [-0.1, -0.05) is 116 Å². The quantitative estimate of drug-likeness (QED) is 0.271. The Hall–Kier alpha value is -1.86. The molecule has 0 unspecified atom stereocenters. The molecule has 3 aromatic rings. The lowest BCUT2D eigenvalue weighted by molar-refractivity contribution is 0.716. The molecule has 0 aliphatic carbocycles. The lowest BCUT2D eigenvalue weighted by Crippen LogP contribution is -1.89. The van der Waals surface area contributed by atoms with Gasteiger partial charge in [0.15, 0.2) is 0 Å². The highest BCUT2D eigenvalue weighted by atomic mass is 79.9. The van der Waals surface area contributed by atoms with Gasteiger partial charge >= 0.3 is 0 Å². The van der Waals surface area contributed by atoms with E-state index in [1.165, 1.54) is 82.8 Å². The van der Waals surface area contributed by atoms with Crippen LogP contribution in [0.2, 0.25) is 0 Å². The zero-order valence-corrected chi connectivity index (χ0v) is 19.5. The molecule has 0 aliphatic heterocycles. The summed E-state index contributed by atoms with van der Waals surface area (Å²) in [5.41, 5.74) is 7.98. The first kappa shape index (κ1) is 21.8. The van der Waals surface area contributed by atoms with Gasteiger partial charge < -0.3 is 0 Å². The molecule has 0 fully saturated rings. The van der Waals surface area contributed by atoms with Crippen LogP contribution in [0.4, 0.5) is 0 Å². The maximum Gasteiger partial charge on any atom is 0.0213 e. The second-order valence-corrected chi connectivity index (χ2v) is 8.85. The Bertz CT molecular complexity index is 875. The number of unbranched alkanes of at least 4 members (excludes halogenated alkanes) is 4. The standard InChI is InChI=1S/C28H33Br/c1-3-5-7-9-22-11-13-23(14-12-22)24-15-17-25(18-16-24)27-20-19-26(28(29)21-27)10-8-6-4-2/h11-21H,3-10H2,1-2H3. The average molecular weight is 449 g/mol. The van der Waals surface area contributed by atoms with Crippen molar-refractivity contribution in [2.45, 2.75) is 65.2 Å². The third-order valence-corrected chi connectivity index (χ3v) is 6.42. The number of hydrogen-bond donors (Lipinski definition) is 0. The van der Waals surface area contributed by atoms with Crippen molar-refractivity contribution in [1.29, 1.82) is 0 Å². The topological polar surface area (TPSA) is 0 Å². The van der Waals surface area contributed by atoms with E-state index < -0.39 is 0 Å². The van der Waals surface area contributed by atoms with Crippen molar-refractivity contribution >= 4 is 15.9 Å². The van der Waals surface area contributed by atoms with Crippen LogP contribution in [-0.4, -0.2) is 0 Å². The fraction of sp³-hybridized carbons (Fsp3) is 0.357. The molecule has 29 heavy (non-hydrogen) atoms. The van der Waals surface area contributed by atoms with Crippen LogP contribution in [0.15, 0.2) is 71.2 Å². The Morgan fingerprint density at radius 1 is 0.552 bits per heavy atom. The zero-order chi connectivity index (χ0) is 20.5. The minimum atomic E-state index is 1.15. The van der Waals surface area contributed by atoms with Gasteiger partial charge in [0.2, 0.25) is 0 Å². The lowest BCUT2D eigenvalue weighted by atomic mass is 9.97.